The van der Waals surface area contributed by atoms with E-state index in [0.29, 0.717) is 25.1 Å². The molecule has 1 unspecified atom stereocenters. The molecule has 1 aliphatic heterocycles. The van der Waals surface area contributed by atoms with Crippen molar-refractivity contribution in [3.63, 3.8) is 0 Å². The number of aliphatic hydroxyl groups excluding tert-OH is 1. The van der Waals surface area contributed by atoms with Crippen LogP contribution in [0.5, 0.6) is 5.75 Å². The minimum absolute atomic E-state index is 0.129. The van der Waals surface area contributed by atoms with E-state index in [9.17, 15) is 14.7 Å². The van der Waals surface area contributed by atoms with Crippen LogP contribution in [0, 0.1) is 0 Å². The summed E-state index contributed by atoms with van der Waals surface area (Å²) in [5, 5.41) is 13.2. The van der Waals surface area contributed by atoms with E-state index in [1.807, 2.05) is 67.6 Å². The minimum atomic E-state index is -0.651. The van der Waals surface area contributed by atoms with Crippen molar-refractivity contribution in [2.24, 2.45) is 0 Å². The fraction of sp³-hybridized carbons (Fsp3) is 0.286. The van der Waals surface area contributed by atoms with Gasteiger partial charge in [-0.2, -0.15) is 0 Å². The van der Waals surface area contributed by atoms with E-state index in [1.54, 1.807) is 11.0 Å². The van der Waals surface area contributed by atoms with Gasteiger partial charge < -0.3 is 14.7 Å². The lowest BCUT2D eigenvalue weighted by Gasteiger charge is -2.25. The Labute approximate surface area is 194 Å². The SMILES string of the molecule is CCCCOc1ccc(C2/C(=C(/O)c3cccc4ccccc34)C(=O)C(=O)N2CCC)cc1. The summed E-state index contributed by atoms with van der Waals surface area (Å²) in [4.78, 5) is 27.6. The number of hydrogen-bond donors (Lipinski definition) is 1. The maximum Gasteiger partial charge on any atom is 0.295 e. The van der Waals surface area contributed by atoms with Gasteiger partial charge in [-0.25, -0.2) is 0 Å². The molecule has 170 valence electrons. The zero-order valence-corrected chi connectivity index (χ0v) is 19.1. The highest BCUT2D eigenvalue weighted by atomic mass is 16.5. The Balaban J connectivity index is 1.81. The van der Waals surface area contributed by atoms with E-state index in [-0.39, 0.29) is 11.3 Å². The molecule has 0 aliphatic carbocycles. The van der Waals surface area contributed by atoms with Gasteiger partial charge in [-0.3, -0.25) is 9.59 Å². The van der Waals surface area contributed by atoms with E-state index >= 15 is 0 Å². The number of carbonyl (C=O) groups is 2. The number of fused-ring (bicyclic) bond motifs is 1. The van der Waals surface area contributed by atoms with Gasteiger partial charge in [0.05, 0.1) is 18.2 Å². The molecule has 1 saturated heterocycles. The summed E-state index contributed by atoms with van der Waals surface area (Å²) < 4.78 is 5.76. The number of hydrogen-bond acceptors (Lipinski definition) is 4. The third-order valence-electron chi connectivity index (χ3n) is 6.01. The van der Waals surface area contributed by atoms with E-state index in [0.717, 1.165) is 34.9 Å². The van der Waals surface area contributed by atoms with E-state index in [1.165, 1.54) is 0 Å². The van der Waals surface area contributed by atoms with E-state index < -0.39 is 17.7 Å². The van der Waals surface area contributed by atoms with Crippen LogP contribution >= 0.6 is 0 Å². The molecular weight excluding hydrogens is 414 g/mol. The van der Waals surface area contributed by atoms with Crippen LogP contribution in [0.25, 0.3) is 16.5 Å². The predicted octanol–water partition coefficient (Wildman–Crippen LogP) is 5.85. The van der Waals surface area contributed by atoms with Crippen molar-refractivity contribution in [1.29, 1.82) is 0 Å². The van der Waals surface area contributed by atoms with Gasteiger partial charge in [-0.15, -0.1) is 0 Å². The molecule has 0 bridgehead atoms. The maximum absolute atomic E-state index is 13.1. The van der Waals surface area contributed by atoms with Crippen LogP contribution < -0.4 is 4.74 Å². The molecule has 5 heteroatoms. The number of unbranched alkanes of at least 4 members (excludes halogenated alkanes) is 1. The van der Waals surface area contributed by atoms with Crippen LogP contribution in [0.3, 0.4) is 0 Å². The number of ketones is 1. The first-order valence-electron chi connectivity index (χ1n) is 11.6. The second kappa shape index (κ2) is 9.90. The van der Waals surface area contributed by atoms with Crippen molar-refractivity contribution >= 4 is 28.2 Å². The zero-order chi connectivity index (χ0) is 23.4. The van der Waals surface area contributed by atoms with Crippen LogP contribution in [-0.4, -0.2) is 34.8 Å². The predicted molar refractivity (Wildman–Crippen MR) is 130 cm³/mol. The Morgan fingerprint density at radius 1 is 0.939 bits per heavy atom. The van der Waals surface area contributed by atoms with Crippen LogP contribution in [0.2, 0.25) is 0 Å². The number of carbonyl (C=O) groups excluding carboxylic acids is 2. The van der Waals surface area contributed by atoms with Crippen molar-refractivity contribution in [1.82, 2.24) is 4.90 Å². The molecule has 3 aromatic carbocycles. The number of nitrogens with zero attached hydrogens (tertiary/aromatic N) is 1. The topological polar surface area (TPSA) is 66.8 Å². The van der Waals surface area contributed by atoms with Crippen LogP contribution in [0.15, 0.2) is 72.3 Å². The molecule has 0 spiro atoms. The zero-order valence-electron chi connectivity index (χ0n) is 19.1. The van der Waals surface area contributed by atoms with Crippen molar-refractivity contribution in [2.45, 2.75) is 39.2 Å². The van der Waals surface area contributed by atoms with Crippen molar-refractivity contribution in [2.75, 3.05) is 13.2 Å². The summed E-state index contributed by atoms with van der Waals surface area (Å²) in [6.45, 7) is 5.15. The highest BCUT2D eigenvalue weighted by Gasteiger charge is 2.45. The van der Waals surface area contributed by atoms with Crippen LogP contribution in [0.1, 0.15) is 50.3 Å². The Hall–Kier alpha value is -3.60. The molecule has 0 saturated carbocycles. The highest BCUT2D eigenvalue weighted by molar-refractivity contribution is 6.46. The minimum Gasteiger partial charge on any atom is -0.507 e. The normalized spacial score (nSPS) is 17.6. The lowest BCUT2D eigenvalue weighted by Crippen LogP contribution is -2.30. The lowest BCUT2D eigenvalue weighted by molar-refractivity contribution is -0.139. The Morgan fingerprint density at radius 2 is 1.67 bits per heavy atom. The molecule has 5 nitrogen and oxygen atoms in total. The first-order valence-corrected chi connectivity index (χ1v) is 11.6. The van der Waals surface area contributed by atoms with Gasteiger partial charge in [0.1, 0.15) is 11.5 Å². The molecule has 1 atom stereocenters. The van der Waals surface area contributed by atoms with Gasteiger partial charge in [0.15, 0.2) is 0 Å². The number of likely N-dealkylation sites (tertiary alicyclic amines) is 1. The number of rotatable bonds is 8. The van der Waals surface area contributed by atoms with Gasteiger partial charge in [0.2, 0.25) is 0 Å². The summed E-state index contributed by atoms with van der Waals surface area (Å²) in [5.41, 5.74) is 1.45. The van der Waals surface area contributed by atoms with Gasteiger partial charge in [0, 0.05) is 12.1 Å². The Kier molecular flexibility index (Phi) is 6.78. The highest BCUT2D eigenvalue weighted by Crippen LogP contribution is 2.40. The van der Waals surface area contributed by atoms with Crippen molar-refractivity contribution in [3.8, 4) is 5.75 Å². The van der Waals surface area contributed by atoms with E-state index in [4.69, 9.17) is 4.74 Å². The first-order chi connectivity index (χ1) is 16.1. The monoisotopic (exact) mass is 443 g/mol. The maximum atomic E-state index is 13.1. The van der Waals surface area contributed by atoms with Gasteiger partial charge in [-0.1, -0.05) is 74.9 Å². The number of amides is 1. The summed E-state index contributed by atoms with van der Waals surface area (Å²) in [6.07, 6.45) is 2.73. The average molecular weight is 444 g/mol. The largest absolute Gasteiger partial charge is 0.507 e. The second-order valence-corrected chi connectivity index (χ2v) is 8.29. The summed E-state index contributed by atoms with van der Waals surface area (Å²) in [7, 11) is 0. The fourth-order valence-electron chi connectivity index (χ4n) is 4.36. The summed E-state index contributed by atoms with van der Waals surface area (Å²) in [6, 6.07) is 20.1. The molecular formula is C28H29NO4. The molecule has 1 fully saturated rings. The van der Waals surface area contributed by atoms with E-state index in [2.05, 4.69) is 6.92 Å². The Bertz CT molecular complexity index is 1190. The third-order valence-corrected chi connectivity index (χ3v) is 6.01. The van der Waals surface area contributed by atoms with Crippen LogP contribution in [-0.2, 0) is 9.59 Å². The molecule has 1 aliphatic rings. The molecule has 4 rings (SSSR count). The quantitative estimate of drug-likeness (QED) is 0.205. The molecule has 0 radical (unpaired) electrons. The second-order valence-electron chi connectivity index (χ2n) is 8.29. The molecule has 33 heavy (non-hydrogen) atoms. The summed E-state index contributed by atoms with van der Waals surface area (Å²) >= 11 is 0. The fourth-order valence-corrected chi connectivity index (χ4v) is 4.36. The standard InChI is InChI=1S/C28H29NO4/c1-3-5-18-33-21-15-13-20(14-16-21)25-24(27(31)28(32)29(25)17-4-2)26(30)23-12-8-10-19-9-6-7-11-22(19)23/h6-16,25,30H,3-5,17-18H2,1-2H3/b26-24-. The molecule has 1 N–H and O–H groups in total. The van der Waals surface area contributed by atoms with Crippen LogP contribution in [0.4, 0.5) is 0 Å². The first kappa shape index (κ1) is 22.6. The molecule has 3 aromatic rings. The van der Waals surface area contributed by atoms with Crippen molar-refractivity contribution < 1.29 is 19.4 Å². The van der Waals surface area contributed by atoms with Gasteiger partial charge >= 0.3 is 0 Å². The third kappa shape index (κ3) is 4.36. The Morgan fingerprint density at radius 3 is 2.39 bits per heavy atom. The number of ether oxygens (including phenoxy) is 1. The van der Waals surface area contributed by atoms with Crippen molar-refractivity contribution in [3.05, 3.63) is 83.4 Å². The lowest BCUT2D eigenvalue weighted by atomic mass is 9.93. The number of aliphatic hydroxyl groups is 1. The van der Waals surface area contributed by atoms with Gasteiger partial charge in [0.25, 0.3) is 11.7 Å². The number of benzene rings is 3. The molecule has 1 amide bonds. The smallest absolute Gasteiger partial charge is 0.295 e. The van der Waals surface area contributed by atoms with Gasteiger partial charge in [-0.05, 0) is 41.3 Å². The molecule has 0 aromatic heterocycles. The molecule has 1 heterocycles. The number of Topliss-reactive ketones (excluding diaryl/α,β-unsaturated/α-hetero) is 1. The average Bonchev–Trinajstić information content (AvgIpc) is 3.09. The summed E-state index contributed by atoms with van der Waals surface area (Å²) in [5.74, 6) is -0.625.